The number of carboxylic acids is 1. The topological polar surface area (TPSA) is 115 Å². The number of aliphatic carboxylic acids is 1. The van der Waals surface area contributed by atoms with Crippen molar-refractivity contribution in [3.63, 3.8) is 0 Å². The Hall–Kier alpha value is -1.50. The summed E-state index contributed by atoms with van der Waals surface area (Å²) in [4.78, 5) is 22.7. The first kappa shape index (κ1) is 24.5. The normalized spacial score (nSPS) is 25.6. The van der Waals surface area contributed by atoms with E-state index in [2.05, 4.69) is 0 Å². The maximum Gasteiger partial charge on any atom is 0.303 e. The van der Waals surface area contributed by atoms with Crippen molar-refractivity contribution in [3.05, 3.63) is 24.3 Å². The standard InChI is InChI=1S/C22H36O6/c1-15(23)12-13-22(2,3)20(26)11-10-17-16(18(24)14-19(17)25)8-6-4-5-7-9-21(27)28/h4,6,10-11,15-17,19-20,23,25-26H,5,7-9,12-14H2,1-3H3,(H,27,28)/b6-4-,11-10+/t15?,16-,17-,19-,20-/m1/s1. The highest BCUT2D eigenvalue weighted by Gasteiger charge is 2.39. The number of aliphatic hydroxyl groups is 3. The van der Waals surface area contributed by atoms with Crippen LogP contribution in [0, 0.1) is 17.3 Å². The van der Waals surface area contributed by atoms with Crippen LogP contribution in [-0.4, -0.2) is 50.5 Å². The molecule has 160 valence electrons. The summed E-state index contributed by atoms with van der Waals surface area (Å²) in [6.07, 6.45) is 8.49. The fourth-order valence-electron chi connectivity index (χ4n) is 3.48. The van der Waals surface area contributed by atoms with Gasteiger partial charge in [0, 0.05) is 24.7 Å². The molecule has 0 heterocycles. The zero-order valence-corrected chi connectivity index (χ0v) is 17.3. The van der Waals surface area contributed by atoms with Crippen LogP contribution in [-0.2, 0) is 9.59 Å². The van der Waals surface area contributed by atoms with Crippen LogP contribution in [0.2, 0.25) is 0 Å². The number of aliphatic hydroxyl groups excluding tert-OH is 3. The minimum atomic E-state index is -0.817. The van der Waals surface area contributed by atoms with Crippen molar-refractivity contribution in [2.75, 3.05) is 0 Å². The Bertz CT molecular complexity index is 563. The first-order valence-corrected chi connectivity index (χ1v) is 10.2. The number of carbonyl (C=O) groups excluding carboxylic acids is 1. The third-order valence-electron chi connectivity index (χ3n) is 5.57. The minimum absolute atomic E-state index is 0.0141. The van der Waals surface area contributed by atoms with Gasteiger partial charge in [0.2, 0.25) is 0 Å². The predicted molar refractivity (Wildman–Crippen MR) is 108 cm³/mol. The van der Waals surface area contributed by atoms with E-state index < -0.39 is 29.7 Å². The molecule has 1 rings (SSSR count). The number of carbonyl (C=O) groups is 2. The lowest BCUT2D eigenvalue weighted by Gasteiger charge is -2.29. The molecule has 1 fully saturated rings. The molecule has 0 radical (unpaired) electrons. The largest absolute Gasteiger partial charge is 0.481 e. The highest BCUT2D eigenvalue weighted by atomic mass is 16.4. The third-order valence-corrected chi connectivity index (χ3v) is 5.57. The molecule has 28 heavy (non-hydrogen) atoms. The smallest absolute Gasteiger partial charge is 0.303 e. The van der Waals surface area contributed by atoms with Gasteiger partial charge in [-0.25, -0.2) is 0 Å². The van der Waals surface area contributed by atoms with E-state index in [1.54, 1.807) is 19.1 Å². The van der Waals surface area contributed by atoms with Crippen LogP contribution in [0.3, 0.4) is 0 Å². The van der Waals surface area contributed by atoms with Crippen LogP contribution >= 0.6 is 0 Å². The van der Waals surface area contributed by atoms with E-state index in [1.165, 1.54) is 0 Å². The minimum Gasteiger partial charge on any atom is -0.481 e. The second kappa shape index (κ2) is 11.5. The zero-order chi connectivity index (χ0) is 21.3. The Kier molecular flexibility index (Phi) is 10.1. The highest BCUT2D eigenvalue weighted by molar-refractivity contribution is 5.84. The van der Waals surface area contributed by atoms with Crippen LogP contribution in [0.4, 0.5) is 0 Å². The average molecular weight is 397 g/mol. The summed E-state index contributed by atoms with van der Waals surface area (Å²) in [5, 5.41) is 38.8. The molecular formula is C22H36O6. The molecule has 0 spiro atoms. The molecule has 1 saturated carbocycles. The Labute approximate surface area is 168 Å². The second-order valence-corrected chi connectivity index (χ2v) is 8.62. The summed E-state index contributed by atoms with van der Waals surface area (Å²) >= 11 is 0. The summed E-state index contributed by atoms with van der Waals surface area (Å²) in [5.41, 5.74) is -0.416. The van der Waals surface area contributed by atoms with Gasteiger partial charge in [-0.15, -0.1) is 0 Å². The highest BCUT2D eigenvalue weighted by Crippen LogP contribution is 2.35. The molecular weight excluding hydrogens is 360 g/mol. The van der Waals surface area contributed by atoms with E-state index in [1.807, 2.05) is 26.0 Å². The molecule has 0 aromatic rings. The summed E-state index contributed by atoms with van der Waals surface area (Å²) in [5.74, 6) is -1.46. The van der Waals surface area contributed by atoms with Gasteiger partial charge < -0.3 is 20.4 Å². The van der Waals surface area contributed by atoms with Gasteiger partial charge in [0.05, 0.1) is 18.3 Å². The fourth-order valence-corrected chi connectivity index (χ4v) is 3.48. The molecule has 1 aliphatic rings. The van der Waals surface area contributed by atoms with Crippen molar-refractivity contribution in [2.24, 2.45) is 17.3 Å². The lowest BCUT2D eigenvalue weighted by molar-refractivity contribution is -0.137. The molecule has 0 aliphatic heterocycles. The van der Waals surface area contributed by atoms with E-state index in [-0.39, 0.29) is 30.5 Å². The lowest BCUT2D eigenvalue weighted by atomic mass is 9.80. The Balaban J connectivity index is 2.64. The van der Waals surface area contributed by atoms with Crippen molar-refractivity contribution in [3.8, 4) is 0 Å². The van der Waals surface area contributed by atoms with Crippen molar-refractivity contribution in [1.82, 2.24) is 0 Å². The number of hydrogen-bond donors (Lipinski definition) is 4. The quantitative estimate of drug-likeness (QED) is 0.298. The number of rotatable bonds is 12. The van der Waals surface area contributed by atoms with Crippen LogP contribution in [0.15, 0.2) is 24.3 Å². The van der Waals surface area contributed by atoms with Crippen molar-refractivity contribution in [1.29, 1.82) is 0 Å². The third kappa shape index (κ3) is 8.25. The number of Topliss-reactive ketones (excluding diaryl/α,β-unsaturated/α-hetero) is 1. The average Bonchev–Trinajstić information content (AvgIpc) is 2.86. The number of carboxylic acid groups (broad SMARTS) is 1. The molecule has 4 N–H and O–H groups in total. The van der Waals surface area contributed by atoms with E-state index in [0.717, 1.165) is 0 Å². The van der Waals surface area contributed by atoms with Crippen molar-refractivity contribution >= 4 is 11.8 Å². The van der Waals surface area contributed by atoms with Crippen molar-refractivity contribution in [2.45, 2.75) is 84.0 Å². The SMILES string of the molecule is CC(O)CCC(C)(C)[C@H](O)/C=C/[C@H]1[C@H](O)CC(=O)[C@@H]1C/C=C\CCCC(=O)O. The van der Waals surface area contributed by atoms with E-state index in [0.29, 0.717) is 32.1 Å². The summed E-state index contributed by atoms with van der Waals surface area (Å²) in [6.45, 7) is 5.58. The fraction of sp³-hybridized carbons (Fsp3) is 0.727. The molecule has 1 aliphatic carbocycles. The van der Waals surface area contributed by atoms with Gasteiger partial charge >= 0.3 is 5.97 Å². The summed E-state index contributed by atoms with van der Waals surface area (Å²) in [6, 6.07) is 0. The van der Waals surface area contributed by atoms with Gasteiger partial charge in [0.15, 0.2) is 0 Å². The van der Waals surface area contributed by atoms with Gasteiger partial charge in [-0.05, 0) is 44.4 Å². The molecule has 5 atom stereocenters. The van der Waals surface area contributed by atoms with E-state index >= 15 is 0 Å². The number of hydrogen-bond acceptors (Lipinski definition) is 5. The second-order valence-electron chi connectivity index (χ2n) is 8.62. The van der Waals surface area contributed by atoms with E-state index in [4.69, 9.17) is 5.11 Å². The van der Waals surface area contributed by atoms with Gasteiger partial charge in [-0.2, -0.15) is 0 Å². The van der Waals surface area contributed by atoms with Gasteiger partial charge in [0.1, 0.15) is 5.78 Å². The molecule has 6 heteroatoms. The lowest BCUT2D eigenvalue weighted by Crippen LogP contribution is -2.29. The number of allylic oxidation sites excluding steroid dienone is 2. The van der Waals surface area contributed by atoms with Crippen LogP contribution in [0.1, 0.15) is 65.7 Å². The Morgan fingerprint density at radius 2 is 1.96 bits per heavy atom. The first-order chi connectivity index (χ1) is 13.0. The maximum absolute atomic E-state index is 12.2. The molecule has 0 bridgehead atoms. The van der Waals surface area contributed by atoms with Crippen LogP contribution in [0.25, 0.3) is 0 Å². The molecule has 1 unspecified atom stereocenters. The summed E-state index contributed by atoms with van der Waals surface area (Å²) in [7, 11) is 0. The number of ketones is 1. The Morgan fingerprint density at radius 1 is 1.29 bits per heavy atom. The van der Waals surface area contributed by atoms with Gasteiger partial charge in [-0.1, -0.05) is 38.2 Å². The summed E-state index contributed by atoms with van der Waals surface area (Å²) < 4.78 is 0. The monoisotopic (exact) mass is 396 g/mol. The van der Waals surface area contributed by atoms with Gasteiger partial charge in [-0.3, -0.25) is 9.59 Å². The maximum atomic E-state index is 12.2. The van der Waals surface area contributed by atoms with Crippen LogP contribution < -0.4 is 0 Å². The molecule has 6 nitrogen and oxygen atoms in total. The van der Waals surface area contributed by atoms with Gasteiger partial charge in [0.25, 0.3) is 0 Å². The number of unbranched alkanes of at least 4 members (excludes halogenated alkanes) is 1. The zero-order valence-electron chi connectivity index (χ0n) is 17.3. The van der Waals surface area contributed by atoms with E-state index in [9.17, 15) is 24.9 Å². The Morgan fingerprint density at radius 3 is 2.57 bits per heavy atom. The molecule has 0 amide bonds. The molecule has 0 aromatic heterocycles. The predicted octanol–water partition coefficient (Wildman–Crippen LogP) is 2.86. The van der Waals surface area contributed by atoms with Crippen LogP contribution in [0.5, 0.6) is 0 Å². The first-order valence-electron chi connectivity index (χ1n) is 10.2. The molecule has 0 saturated heterocycles. The van der Waals surface area contributed by atoms with Crippen molar-refractivity contribution < 1.29 is 30.0 Å². The molecule has 0 aromatic carbocycles.